The van der Waals surface area contributed by atoms with Crippen LogP contribution >= 0.6 is 0 Å². The second-order valence-electron chi connectivity index (χ2n) is 5.28. The van der Waals surface area contributed by atoms with Gasteiger partial charge in [-0.25, -0.2) is 0 Å². The van der Waals surface area contributed by atoms with Gasteiger partial charge in [0.15, 0.2) is 11.5 Å². The Hall–Kier alpha value is -2.10. The zero-order valence-corrected chi connectivity index (χ0v) is 12.8. The van der Waals surface area contributed by atoms with Crippen molar-refractivity contribution < 1.29 is 9.47 Å². The Morgan fingerprint density at radius 2 is 1.67 bits per heavy atom. The minimum Gasteiger partial charge on any atom is -0.493 e. The number of aromatic nitrogens is 2. The molecule has 0 fully saturated rings. The molecule has 2 aromatic rings. The van der Waals surface area contributed by atoms with E-state index in [0.717, 1.165) is 54.1 Å². The van der Waals surface area contributed by atoms with Gasteiger partial charge in [-0.2, -0.15) is 5.10 Å². The Balaban J connectivity index is 2.19. The van der Waals surface area contributed by atoms with Crippen molar-refractivity contribution >= 4 is 0 Å². The van der Waals surface area contributed by atoms with Crippen molar-refractivity contribution in [3.8, 4) is 22.8 Å². The first-order valence-corrected chi connectivity index (χ1v) is 7.37. The van der Waals surface area contributed by atoms with E-state index in [0.29, 0.717) is 0 Å². The molecule has 1 aliphatic carbocycles. The van der Waals surface area contributed by atoms with Crippen LogP contribution in [-0.4, -0.2) is 24.4 Å². The fourth-order valence-electron chi connectivity index (χ4n) is 2.88. The van der Waals surface area contributed by atoms with Gasteiger partial charge in [-0.3, -0.25) is 0 Å². The molecule has 0 unspecified atom stereocenters. The molecule has 1 aromatic carbocycles. The number of nitrogens with zero attached hydrogens (tertiary/aromatic N) is 2. The fraction of sp³-hybridized carbons (Fsp3) is 0.412. The normalized spacial score (nSPS) is 13.1. The number of methoxy groups -OCH3 is 2. The summed E-state index contributed by atoms with van der Waals surface area (Å²) in [5, 5.41) is 8.80. The summed E-state index contributed by atoms with van der Waals surface area (Å²) in [6.07, 6.45) is 4.09. The van der Waals surface area contributed by atoms with Crippen molar-refractivity contribution in [1.29, 1.82) is 0 Å². The number of benzene rings is 1. The van der Waals surface area contributed by atoms with Crippen LogP contribution in [0.25, 0.3) is 11.3 Å². The minimum absolute atomic E-state index is 0.741. The summed E-state index contributed by atoms with van der Waals surface area (Å²) in [5.41, 5.74) is 5.70. The van der Waals surface area contributed by atoms with Gasteiger partial charge < -0.3 is 9.47 Å². The Bertz CT molecular complexity index is 668. The fourth-order valence-corrected chi connectivity index (χ4v) is 2.88. The molecule has 4 heteroatoms. The summed E-state index contributed by atoms with van der Waals surface area (Å²) in [5.74, 6) is 1.52. The molecule has 0 saturated heterocycles. The van der Waals surface area contributed by atoms with E-state index in [9.17, 15) is 0 Å². The van der Waals surface area contributed by atoms with E-state index in [1.54, 1.807) is 14.2 Å². The van der Waals surface area contributed by atoms with Crippen LogP contribution in [0, 0.1) is 0 Å². The molecule has 0 atom stereocenters. The van der Waals surface area contributed by atoms with Crippen molar-refractivity contribution in [2.75, 3.05) is 14.2 Å². The summed E-state index contributed by atoms with van der Waals surface area (Å²) in [7, 11) is 3.33. The van der Waals surface area contributed by atoms with Gasteiger partial charge in [0.1, 0.15) is 0 Å². The van der Waals surface area contributed by atoms with Crippen LogP contribution < -0.4 is 9.47 Å². The summed E-state index contributed by atoms with van der Waals surface area (Å²) < 4.78 is 10.8. The second-order valence-corrected chi connectivity index (χ2v) is 5.28. The van der Waals surface area contributed by atoms with Gasteiger partial charge in [-0.1, -0.05) is 6.92 Å². The topological polar surface area (TPSA) is 44.2 Å². The number of rotatable bonds is 3. The number of ether oxygens (including phenoxy) is 2. The zero-order valence-electron chi connectivity index (χ0n) is 12.8. The third-order valence-electron chi connectivity index (χ3n) is 4.04. The molecule has 1 heterocycles. The predicted molar refractivity (Wildman–Crippen MR) is 82.0 cm³/mol. The lowest BCUT2D eigenvalue weighted by Gasteiger charge is -2.13. The van der Waals surface area contributed by atoms with Crippen LogP contribution in [0.4, 0.5) is 0 Å². The highest BCUT2D eigenvalue weighted by molar-refractivity contribution is 5.71. The Morgan fingerprint density at radius 1 is 0.952 bits per heavy atom. The first kappa shape index (κ1) is 13.9. The molecule has 3 rings (SSSR count). The maximum absolute atomic E-state index is 5.43. The van der Waals surface area contributed by atoms with Crippen LogP contribution in [-0.2, 0) is 19.3 Å². The zero-order chi connectivity index (χ0) is 14.8. The first-order valence-electron chi connectivity index (χ1n) is 7.37. The third kappa shape index (κ3) is 2.46. The molecule has 110 valence electrons. The molecule has 0 saturated carbocycles. The highest BCUT2D eigenvalue weighted by Gasteiger charge is 2.20. The van der Waals surface area contributed by atoms with E-state index in [1.807, 2.05) is 6.07 Å². The van der Waals surface area contributed by atoms with Crippen molar-refractivity contribution in [3.05, 3.63) is 35.0 Å². The number of hydrogen-bond acceptors (Lipinski definition) is 4. The van der Waals surface area contributed by atoms with Gasteiger partial charge in [-0.05, 0) is 55.0 Å². The summed E-state index contributed by atoms with van der Waals surface area (Å²) in [4.78, 5) is 0. The lowest BCUT2D eigenvalue weighted by atomic mass is 10.0. The largest absolute Gasteiger partial charge is 0.493 e. The van der Waals surface area contributed by atoms with Crippen molar-refractivity contribution in [3.63, 3.8) is 0 Å². The monoisotopic (exact) mass is 284 g/mol. The minimum atomic E-state index is 0.741. The molecule has 0 N–H and O–H groups in total. The van der Waals surface area contributed by atoms with Crippen molar-refractivity contribution in [2.24, 2.45) is 0 Å². The smallest absolute Gasteiger partial charge is 0.161 e. The molecule has 0 amide bonds. The molecule has 0 bridgehead atoms. The summed E-state index contributed by atoms with van der Waals surface area (Å²) in [6.45, 7) is 2.11. The highest BCUT2D eigenvalue weighted by Crippen LogP contribution is 2.38. The SMILES string of the molecule is CCc1cc2c(nn1)-c1cc(OC)c(OC)cc1CCC2. The second kappa shape index (κ2) is 5.72. The average Bonchev–Trinajstić information content (AvgIpc) is 2.71. The predicted octanol–water partition coefficient (Wildman–Crippen LogP) is 3.21. The average molecular weight is 284 g/mol. The van der Waals surface area contributed by atoms with E-state index in [2.05, 4.69) is 29.3 Å². The molecule has 0 spiro atoms. The van der Waals surface area contributed by atoms with E-state index >= 15 is 0 Å². The van der Waals surface area contributed by atoms with Crippen LogP contribution in [0.5, 0.6) is 11.5 Å². The molecule has 1 aliphatic rings. The maximum Gasteiger partial charge on any atom is 0.161 e. The summed E-state index contributed by atoms with van der Waals surface area (Å²) >= 11 is 0. The van der Waals surface area contributed by atoms with Gasteiger partial charge in [0, 0.05) is 5.56 Å². The first-order chi connectivity index (χ1) is 10.3. The lowest BCUT2D eigenvalue weighted by Crippen LogP contribution is -2.00. The maximum atomic E-state index is 5.43. The molecule has 1 aromatic heterocycles. The van der Waals surface area contributed by atoms with E-state index < -0.39 is 0 Å². The Labute approximate surface area is 125 Å². The molecule has 0 radical (unpaired) electrons. The van der Waals surface area contributed by atoms with Gasteiger partial charge in [0.25, 0.3) is 0 Å². The number of fused-ring (bicyclic) bond motifs is 3. The van der Waals surface area contributed by atoms with Gasteiger partial charge >= 0.3 is 0 Å². The Kier molecular flexibility index (Phi) is 3.78. The molecule has 0 aliphatic heterocycles. The highest BCUT2D eigenvalue weighted by atomic mass is 16.5. The van der Waals surface area contributed by atoms with Crippen LogP contribution in [0.15, 0.2) is 18.2 Å². The Morgan fingerprint density at radius 3 is 2.38 bits per heavy atom. The quantitative estimate of drug-likeness (QED) is 0.868. The van der Waals surface area contributed by atoms with Crippen molar-refractivity contribution in [1.82, 2.24) is 10.2 Å². The van der Waals surface area contributed by atoms with Crippen LogP contribution in [0.3, 0.4) is 0 Å². The van der Waals surface area contributed by atoms with E-state index in [-0.39, 0.29) is 0 Å². The van der Waals surface area contributed by atoms with Crippen LogP contribution in [0.1, 0.15) is 30.2 Å². The standard InChI is InChI=1S/C17H20N2O2/c1-4-13-8-12-7-5-6-11-9-15(20-2)16(21-3)10-14(11)17(12)19-18-13/h8-10H,4-7H2,1-3H3. The van der Waals surface area contributed by atoms with Gasteiger partial charge in [-0.15, -0.1) is 5.10 Å². The summed E-state index contributed by atoms with van der Waals surface area (Å²) in [6, 6.07) is 6.28. The van der Waals surface area contributed by atoms with Crippen molar-refractivity contribution in [2.45, 2.75) is 32.6 Å². The van der Waals surface area contributed by atoms with Crippen LogP contribution in [0.2, 0.25) is 0 Å². The third-order valence-corrected chi connectivity index (χ3v) is 4.04. The molecular formula is C17H20N2O2. The van der Waals surface area contributed by atoms with E-state index in [1.165, 1.54) is 11.1 Å². The lowest BCUT2D eigenvalue weighted by molar-refractivity contribution is 0.354. The van der Waals surface area contributed by atoms with Gasteiger partial charge in [0.05, 0.1) is 25.6 Å². The number of aryl methyl sites for hydroxylation is 3. The van der Waals surface area contributed by atoms with E-state index in [4.69, 9.17) is 9.47 Å². The molecule has 4 nitrogen and oxygen atoms in total. The molecular weight excluding hydrogens is 264 g/mol. The number of hydrogen-bond donors (Lipinski definition) is 0. The van der Waals surface area contributed by atoms with Gasteiger partial charge in [0.2, 0.25) is 0 Å². The molecule has 21 heavy (non-hydrogen) atoms.